The number of hydrogen-bond donors (Lipinski definition) is 0. The van der Waals surface area contributed by atoms with E-state index in [0.29, 0.717) is 5.57 Å². The van der Waals surface area contributed by atoms with Crippen molar-refractivity contribution in [3.8, 4) is 0 Å². The summed E-state index contributed by atoms with van der Waals surface area (Å²) in [4.78, 5) is 10.7. The van der Waals surface area contributed by atoms with Crippen molar-refractivity contribution in [3.05, 3.63) is 71.4 Å². The zero-order valence-electron chi connectivity index (χ0n) is 7.60. The third-order valence-electron chi connectivity index (χ3n) is 2.12. The molecule has 0 N–H and O–H groups in total. The quantitative estimate of drug-likeness (QED) is 0.607. The molecule has 14 heavy (non-hydrogen) atoms. The van der Waals surface area contributed by atoms with E-state index in [-0.39, 0.29) is 0 Å². The Labute approximate surface area is 83.1 Å². The molecule has 1 radical (unpaired) electrons. The normalized spacial score (nSPS) is 18.7. The molecule has 0 saturated heterocycles. The van der Waals surface area contributed by atoms with Crippen LogP contribution in [-0.4, -0.2) is 6.29 Å². The van der Waals surface area contributed by atoms with Crippen LogP contribution in [-0.2, 0) is 4.79 Å². The highest BCUT2D eigenvalue weighted by Gasteiger charge is 2.09. The zero-order chi connectivity index (χ0) is 9.80. The van der Waals surface area contributed by atoms with Crippen LogP contribution in [0.3, 0.4) is 0 Å². The minimum atomic E-state index is 0.598. The van der Waals surface area contributed by atoms with Gasteiger partial charge in [-0.2, -0.15) is 0 Å². The lowest BCUT2D eigenvalue weighted by Gasteiger charge is -2.03. The minimum Gasteiger partial charge on any atom is -0.285 e. The van der Waals surface area contributed by atoms with Gasteiger partial charge in [-0.3, -0.25) is 4.79 Å². The zero-order valence-corrected chi connectivity index (χ0v) is 7.60. The van der Waals surface area contributed by atoms with E-state index in [0.717, 1.165) is 11.1 Å². The van der Waals surface area contributed by atoms with Gasteiger partial charge in [0.25, 0.3) is 0 Å². The Bertz CT molecular complexity index is 426. The lowest BCUT2D eigenvalue weighted by Crippen LogP contribution is -1.92. The van der Waals surface area contributed by atoms with Crippen LogP contribution in [0.15, 0.2) is 71.4 Å². The fourth-order valence-corrected chi connectivity index (χ4v) is 1.44. The first-order chi connectivity index (χ1) is 6.92. The van der Waals surface area contributed by atoms with Crippen LogP contribution in [0.5, 0.6) is 0 Å². The Morgan fingerprint density at radius 1 is 0.857 bits per heavy atom. The first-order valence-corrected chi connectivity index (χ1v) is 4.44. The largest absolute Gasteiger partial charge is 0.285 e. The SMILES string of the molecule is O=[C]C1=CC=CC=C2C=CC=CC=C12. The Kier molecular flexibility index (Phi) is 2.41. The van der Waals surface area contributed by atoms with Crippen molar-refractivity contribution >= 4 is 6.29 Å². The van der Waals surface area contributed by atoms with E-state index in [9.17, 15) is 4.79 Å². The summed E-state index contributed by atoms with van der Waals surface area (Å²) in [6.07, 6.45) is 19.2. The first kappa shape index (κ1) is 8.70. The van der Waals surface area contributed by atoms with Crippen molar-refractivity contribution in [2.45, 2.75) is 0 Å². The molecule has 0 unspecified atom stereocenters. The van der Waals surface area contributed by atoms with Crippen LogP contribution >= 0.6 is 0 Å². The lowest BCUT2D eigenvalue weighted by molar-refractivity contribution is 0.562. The van der Waals surface area contributed by atoms with Crippen molar-refractivity contribution in [1.29, 1.82) is 0 Å². The van der Waals surface area contributed by atoms with Gasteiger partial charge in [0.1, 0.15) is 0 Å². The van der Waals surface area contributed by atoms with Crippen LogP contribution in [0.1, 0.15) is 0 Å². The van der Waals surface area contributed by atoms with Gasteiger partial charge in [0.05, 0.1) is 0 Å². The molecule has 2 rings (SSSR count). The van der Waals surface area contributed by atoms with Gasteiger partial charge in [-0.05, 0) is 11.1 Å². The Hall–Kier alpha value is -1.89. The molecule has 0 heterocycles. The highest BCUT2D eigenvalue weighted by molar-refractivity contribution is 5.85. The van der Waals surface area contributed by atoms with E-state index in [1.807, 2.05) is 54.9 Å². The summed E-state index contributed by atoms with van der Waals surface area (Å²) >= 11 is 0. The van der Waals surface area contributed by atoms with Gasteiger partial charge in [-0.15, -0.1) is 0 Å². The number of carbonyl (C=O) groups excluding carboxylic acids is 1. The molecule has 67 valence electrons. The monoisotopic (exact) mass is 181 g/mol. The van der Waals surface area contributed by atoms with Crippen molar-refractivity contribution in [1.82, 2.24) is 0 Å². The van der Waals surface area contributed by atoms with E-state index in [2.05, 4.69) is 0 Å². The summed E-state index contributed by atoms with van der Waals surface area (Å²) < 4.78 is 0. The maximum absolute atomic E-state index is 10.7. The number of fused-ring (bicyclic) bond motifs is 1. The minimum absolute atomic E-state index is 0.598. The number of rotatable bonds is 1. The summed E-state index contributed by atoms with van der Waals surface area (Å²) in [5.41, 5.74) is 2.56. The molecule has 0 aromatic rings. The van der Waals surface area contributed by atoms with Gasteiger partial charge in [0.15, 0.2) is 0 Å². The van der Waals surface area contributed by atoms with Gasteiger partial charge in [0.2, 0.25) is 6.29 Å². The molecule has 0 saturated carbocycles. The van der Waals surface area contributed by atoms with Gasteiger partial charge in [0, 0.05) is 5.57 Å². The second kappa shape index (κ2) is 3.88. The highest BCUT2D eigenvalue weighted by Crippen LogP contribution is 2.23. The van der Waals surface area contributed by atoms with Crippen LogP contribution in [0.25, 0.3) is 0 Å². The topological polar surface area (TPSA) is 17.1 Å². The molecular formula is C13H9O. The van der Waals surface area contributed by atoms with Gasteiger partial charge >= 0.3 is 0 Å². The van der Waals surface area contributed by atoms with Crippen LogP contribution in [0, 0.1) is 0 Å². The fraction of sp³-hybridized carbons (Fsp3) is 0. The third-order valence-corrected chi connectivity index (χ3v) is 2.12. The van der Waals surface area contributed by atoms with Gasteiger partial charge < -0.3 is 0 Å². The second-order valence-electron chi connectivity index (χ2n) is 3.01. The molecule has 2 aliphatic carbocycles. The van der Waals surface area contributed by atoms with Crippen molar-refractivity contribution < 1.29 is 4.79 Å². The molecule has 0 atom stereocenters. The summed E-state index contributed by atoms with van der Waals surface area (Å²) in [6, 6.07) is 0. The molecule has 0 amide bonds. The van der Waals surface area contributed by atoms with Gasteiger partial charge in [-0.25, -0.2) is 0 Å². The fourth-order valence-electron chi connectivity index (χ4n) is 1.44. The molecule has 1 heteroatoms. The number of hydrogen-bond acceptors (Lipinski definition) is 1. The predicted octanol–water partition coefficient (Wildman–Crippen LogP) is 2.57. The second-order valence-corrected chi connectivity index (χ2v) is 3.01. The summed E-state index contributed by atoms with van der Waals surface area (Å²) in [5, 5.41) is 0. The average Bonchev–Trinajstić information content (AvgIpc) is 2.51. The lowest BCUT2D eigenvalue weighted by atomic mass is 9.99. The molecule has 0 bridgehead atoms. The molecule has 0 aromatic heterocycles. The van der Waals surface area contributed by atoms with E-state index >= 15 is 0 Å². The molecule has 0 spiro atoms. The van der Waals surface area contributed by atoms with Crippen molar-refractivity contribution in [2.75, 3.05) is 0 Å². The summed E-state index contributed by atoms with van der Waals surface area (Å²) in [5.74, 6) is 0. The smallest absolute Gasteiger partial charge is 0.234 e. The van der Waals surface area contributed by atoms with Crippen LogP contribution in [0.4, 0.5) is 0 Å². The predicted molar refractivity (Wildman–Crippen MR) is 57.4 cm³/mol. The van der Waals surface area contributed by atoms with E-state index in [1.54, 1.807) is 6.08 Å². The molecule has 0 fully saturated rings. The summed E-state index contributed by atoms with van der Waals surface area (Å²) in [6.45, 7) is 0. The van der Waals surface area contributed by atoms with Crippen molar-refractivity contribution in [2.24, 2.45) is 0 Å². The Balaban J connectivity index is 2.55. The molecule has 0 aromatic carbocycles. The Morgan fingerprint density at radius 3 is 2.50 bits per heavy atom. The Morgan fingerprint density at radius 2 is 1.64 bits per heavy atom. The maximum Gasteiger partial charge on any atom is 0.234 e. The third kappa shape index (κ3) is 1.57. The summed E-state index contributed by atoms with van der Waals surface area (Å²) in [7, 11) is 0. The molecule has 2 aliphatic rings. The first-order valence-electron chi connectivity index (χ1n) is 4.44. The molecule has 1 nitrogen and oxygen atoms in total. The van der Waals surface area contributed by atoms with Gasteiger partial charge in [-0.1, -0.05) is 54.7 Å². The average molecular weight is 181 g/mol. The number of allylic oxidation sites excluding steroid dienone is 12. The van der Waals surface area contributed by atoms with Crippen molar-refractivity contribution in [3.63, 3.8) is 0 Å². The van der Waals surface area contributed by atoms with Crippen LogP contribution in [0.2, 0.25) is 0 Å². The highest BCUT2D eigenvalue weighted by atomic mass is 16.1. The molecule has 0 aliphatic heterocycles. The van der Waals surface area contributed by atoms with Crippen LogP contribution < -0.4 is 0 Å². The van der Waals surface area contributed by atoms with E-state index in [1.165, 1.54) is 0 Å². The van der Waals surface area contributed by atoms with E-state index in [4.69, 9.17) is 0 Å². The standard InChI is InChI=1S/C13H9O/c14-10-12-8-5-4-7-11-6-2-1-3-9-13(11)12/h1-9H. The van der Waals surface area contributed by atoms with E-state index < -0.39 is 0 Å². The maximum atomic E-state index is 10.7. The molecular weight excluding hydrogens is 172 g/mol.